The van der Waals surface area contributed by atoms with E-state index in [1.165, 1.54) is 0 Å². The number of amides is 1. The van der Waals surface area contributed by atoms with Crippen LogP contribution in [0.5, 0.6) is 0 Å². The summed E-state index contributed by atoms with van der Waals surface area (Å²) in [5.41, 5.74) is 6.02. The number of hydrogen-bond donors (Lipinski definition) is 1. The van der Waals surface area contributed by atoms with Crippen molar-refractivity contribution in [3.8, 4) is 0 Å². The van der Waals surface area contributed by atoms with Crippen molar-refractivity contribution in [1.82, 2.24) is 19.7 Å². The highest BCUT2D eigenvalue weighted by atomic mass is 16.2. The lowest BCUT2D eigenvalue weighted by molar-refractivity contribution is -0.138. The molecule has 0 unspecified atom stereocenters. The highest BCUT2D eigenvalue weighted by Gasteiger charge is 2.31. The Balaban J connectivity index is 1.56. The van der Waals surface area contributed by atoms with Gasteiger partial charge < -0.3 is 10.6 Å². The van der Waals surface area contributed by atoms with Gasteiger partial charge in [0.05, 0.1) is 0 Å². The zero-order valence-electron chi connectivity index (χ0n) is 12.5. The Hall–Kier alpha value is -1.43. The molecule has 3 rings (SSSR count). The highest BCUT2D eigenvalue weighted by Crippen LogP contribution is 2.27. The van der Waals surface area contributed by atoms with E-state index < -0.39 is 0 Å². The molecule has 1 aromatic heterocycles. The van der Waals surface area contributed by atoms with E-state index in [0.29, 0.717) is 11.8 Å². The van der Waals surface area contributed by atoms with Crippen LogP contribution in [0.1, 0.15) is 38.5 Å². The van der Waals surface area contributed by atoms with Crippen LogP contribution in [-0.2, 0) is 11.3 Å². The molecule has 2 fully saturated rings. The van der Waals surface area contributed by atoms with Crippen LogP contribution in [0.3, 0.4) is 0 Å². The van der Waals surface area contributed by atoms with Gasteiger partial charge in [0.25, 0.3) is 0 Å². The minimum atomic E-state index is 0.152. The summed E-state index contributed by atoms with van der Waals surface area (Å²) >= 11 is 0. The van der Waals surface area contributed by atoms with Crippen molar-refractivity contribution in [2.75, 3.05) is 13.1 Å². The molecule has 1 saturated carbocycles. The maximum atomic E-state index is 12.7. The molecule has 0 bridgehead atoms. The molecule has 0 radical (unpaired) electrons. The predicted molar refractivity (Wildman–Crippen MR) is 79.3 cm³/mol. The van der Waals surface area contributed by atoms with Gasteiger partial charge >= 0.3 is 0 Å². The molecule has 1 aliphatic heterocycles. The van der Waals surface area contributed by atoms with Gasteiger partial charge in [-0.3, -0.25) is 9.48 Å². The summed E-state index contributed by atoms with van der Waals surface area (Å²) in [6.07, 6.45) is 9.60. The Bertz CT molecular complexity index is 461. The summed E-state index contributed by atoms with van der Waals surface area (Å²) in [5, 5.41) is 4.17. The van der Waals surface area contributed by atoms with Crippen molar-refractivity contribution >= 4 is 5.91 Å². The van der Waals surface area contributed by atoms with Crippen LogP contribution in [0.15, 0.2) is 12.7 Å². The van der Waals surface area contributed by atoms with Crippen molar-refractivity contribution < 1.29 is 4.79 Å². The third kappa shape index (κ3) is 3.61. The molecule has 21 heavy (non-hydrogen) atoms. The highest BCUT2D eigenvalue weighted by molar-refractivity contribution is 5.79. The van der Waals surface area contributed by atoms with E-state index in [2.05, 4.69) is 15.0 Å². The first-order valence-electron chi connectivity index (χ1n) is 8.09. The number of piperidine rings is 1. The molecule has 1 saturated heterocycles. The molecule has 0 spiro atoms. The smallest absolute Gasteiger partial charge is 0.225 e. The van der Waals surface area contributed by atoms with Crippen molar-refractivity contribution in [2.45, 2.75) is 51.1 Å². The molecule has 3 atom stereocenters. The van der Waals surface area contributed by atoms with Crippen LogP contribution < -0.4 is 5.73 Å². The fraction of sp³-hybridized carbons (Fsp3) is 0.800. The van der Waals surface area contributed by atoms with Gasteiger partial charge in [0.1, 0.15) is 12.7 Å². The van der Waals surface area contributed by atoms with E-state index in [-0.39, 0.29) is 12.0 Å². The summed E-state index contributed by atoms with van der Waals surface area (Å²) in [7, 11) is 0. The number of carbonyl (C=O) groups excluding carboxylic acids is 1. The van der Waals surface area contributed by atoms with Gasteiger partial charge in [-0.05, 0) is 38.0 Å². The lowest BCUT2D eigenvalue weighted by Crippen LogP contribution is -2.46. The van der Waals surface area contributed by atoms with Gasteiger partial charge in [-0.2, -0.15) is 5.10 Å². The summed E-state index contributed by atoms with van der Waals surface area (Å²) < 4.78 is 1.87. The fourth-order valence-electron chi connectivity index (χ4n) is 3.72. The maximum absolute atomic E-state index is 12.7. The zero-order chi connectivity index (χ0) is 14.7. The number of rotatable bonds is 3. The lowest BCUT2D eigenvalue weighted by Gasteiger charge is -2.36. The quantitative estimate of drug-likeness (QED) is 0.902. The predicted octanol–water partition coefficient (Wildman–Crippen LogP) is 1.03. The zero-order valence-corrected chi connectivity index (χ0v) is 12.5. The van der Waals surface area contributed by atoms with Gasteiger partial charge in [-0.25, -0.2) is 4.98 Å². The van der Waals surface area contributed by atoms with Gasteiger partial charge in [0.2, 0.25) is 5.91 Å². The Morgan fingerprint density at radius 3 is 2.95 bits per heavy atom. The molecule has 1 amide bonds. The van der Waals surface area contributed by atoms with Crippen molar-refractivity contribution in [3.63, 3.8) is 0 Å². The second kappa shape index (κ2) is 6.56. The number of nitrogens with two attached hydrogens (primary N) is 1. The third-order valence-corrected chi connectivity index (χ3v) is 4.81. The van der Waals surface area contributed by atoms with Crippen molar-refractivity contribution in [2.24, 2.45) is 17.6 Å². The first-order valence-corrected chi connectivity index (χ1v) is 8.09. The van der Waals surface area contributed by atoms with E-state index in [1.807, 2.05) is 4.68 Å². The molecule has 2 N–H and O–H groups in total. The van der Waals surface area contributed by atoms with Crippen LogP contribution in [0, 0.1) is 11.8 Å². The molecule has 6 heteroatoms. The van der Waals surface area contributed by atoms with Gasteiger partial charge in [-0.15, -0.1) is 0 Å². The van der Waals surface area contributed by atoms with E-state index in [0.717, 1.165) is 58.2 Å². The molecule has 1 aliphatic carbocycles. The largest absolute Gasteiger partial charge is 0.342 e. The lowest BCUT2D eigenvalue weighted by atomic mass is 9.84. The standard InChI is InChI=1S/C15H25N5O/c16-14-5-1-4-13(7-14)15(21)19-6-2-3-12(8-19)9-20-11-17-10-18-20/h10-14H,1-9,16H2/t12-,13+,14+/m0/s1. The van der Waals surface area contributed by atoms with Gasteiger partial charge in [-0.1, -0.05) is 6.42 Å². The molecular formula is C15H25N5O. The van der Waals surface area contributed by atoms with Crippen molar-refractivity contribution in [3.05, 3.63) is 12.7 Å². The molecule has 6 nitrogen and oxygen atoms in total. The summed E-state index contributed by atoms with van der Waals surface area (Å²) in [6, 6.07) is 0.212. The van der Waals surface area contributed by atoms with Crippen LogP contribution in [0.2, 0.25) is 0 Å². The van der Waals surface area contributed by atoms with Crippen LogP contribution >= 0.6 is 0 Å². The minimum Gasteiger partial charge on any atom is -0.342 e. The summed E-state index contributed by atoms with van der Waals surface area (Å²) in [4.78, 5) is 18.7. The molecule has 1 aromatic rings. The third-order valence-electron chi connectivity index (χ3n) is 4.81. The van der Waals surface area contributed by atoms with E-state index in [4.69, 9.17) is 5.73 Å². The second-order valence-electron chi connectivity index (χ2n) is 6.53. The van der Waals surface area contributed by atoms with Crippen molar-refractivity contribution in [1.29, 1.82) is 0 Å². The number of aromatic nitrogens is 3. The Morgan fingerprint density at radius 1 is 1.29 bits per heavy atom. The van der Waals surface area contributed by atoms with Gasteiger partial charge in [0.15, 0.2) is 0 Å². The average Bonchev–Trinajstić information content (AvgIpc) is 3.00. The molecule has 116 valence electrons. The molecule has 0 aromatic carbocycles. The number of hydrogen-bond acceptors (Lipinski definition) is 4. The number of likely N-dealkylation sites (tertiary alicyclic amines) is 1. The van der Waals surface area contributed by atoms with Crippen LogP contribution in [0.25, 0.3) is 0 Å². The van der Waals surface area contributed by atoms with Gasteiger partial charge in [0, 0.05) is 31.6 Å². The molecule has 2 aliphatic rings. The maximum Gasteiger partial charge on any atom is 0.225 e. The first-order chi connectivity index (χ1) is 10.2. The monoisotopic (exact) mass is 291 g/mol. The Labute approximate surface area is 125 Å². The average molecular weight is 291 g/mol. The van der Waals surface area contributed by atoms with E-state index in [1.54, 1.807) is 12.7 Å². The normalized spacial score (nSPS) is 30.3. The fourth-order valence-corrected chi connectivity index (χ4v) is 3.72. The van der Waals surface area contributed by atoms with E-state index in [9.17, 15) is 4.79 Å². The molecular weight excluding hydrogens is 266 g/mol. The number of nitrogens with zero attached hydrogens (tertiary/aromatic N) is 4. The SMILES string of the molecule is N[C@@H]1CCC[C@@H](C(=O)N2CCC[C@H](Cn3cncn3)C2)C1. The Kier molecular flexibility index (Phi) is 4.53. The molecule has 2 heterocycles. The van der Waals surface area contributed by atoms with E-state index >= 15 is 0 Å². The first kappa shape index (κ1) is 14.5. The summed E-state index contributed by atoms with van der Waals surface area (Å²) in [6.45, 7) is 2.61. The Morgan fingerprint density at radius 2 is 2.19 bits per heavy atom. The van der Waals surface area contributed by atoms with Crippen LogP contribution in [0.4, 0.5) is 0 Å². The second-order valence-corrected chi connectivity index (χ2v) is 6.53. The number of carbonyl (C=O) groups is 1. The minimum absolute atomic E-state index is 0.152. The summed E-state index contributed by atoms with van der Waals surface area (Å²) in [5.74, 6) is 0.967. The topological polar surface area (TPSA) is 77.0 Å². The van der Waals surface area contributed by atoms with Crippen LogP contribution in [-0.4, -0.2) is 44.7 Å².